The largest absolute Gasteiger partial charge is 0.335 e. The molecule has 2 fully saturated rings. The summed E-state index contributed by atoms with van der Waals surface area (Å²) in [6, 6.07) is 6.52. The van der Waals surface area contributed by atoms with E-state index in [4.69, 9.17) is 0 Å². The van der Waals surface area contributed by atoms with Crippen LogP contribution in [0.25, 0.3) is 0 Å². The van der Waals surface area contributed by atoms with E-state index in [0.29, 0.717) is 6.04 Å². The molecule has 0 N–H and O–H groups in total. The van der Waals surface area contributed by atoms with E-state index in [0.717, 1.165) is 34.5 Å². The maximum atomic E-state index is 12.8. The molecule has 0 spiro atoms. The minimum Gasteiger partial charge on any atom is -0.335 e. The van der Waals surface area contributed by atoms with Gasteiger partial charge in [-0.05, 0) is 66.6 Å². The highest BCUT2D eigenvalue weighted by molar-refractivity contribution is 9.10. The van der Waals surface area contributed by atoms with Crippen molar-refractivity contribution in [2.75, 3.05) is 6.54 Å². The Morgan fingerprint density at radius 3 is 2.89 bits per heavy atom. The number of hydrogen-bond donors (Lipinski definition) is 0. The minimum atomic E-state index is 0.215. The van der Waals surface area contributed by atoms with Gasteiger partial charge in [-0.2, -0.15) is 0 Å². The van der Waals surface area contributed by atoms with Gasteiger partial charge in [0, 0.05) is 17.1 Å². The smallest absolute Gasteiger partial charge is 0.255 e. The average Bonchev–Trinajstić information content (AvgIpc) is 2.89. The van der Waals surface area contributed by atoms with E-state index in [-0.39, 0.29) is 5.91 Å². The Morgan fingerprint density at radius 2 is 2.05 bits per heavy atom. The Kier molecular flexibility index (Phi) is 3.66. The van der Waals surface area contributed by atoms with E-state index in [1.807, 2.05) is 25.1 Å². The highest BCUT2D eigenvalue weighted by Gasteiger charge is 2.37. The number of benzene rings is 1. The Bertz CT molecular complexity index is 500. The third-order valence-corrected chi connectivity index (χ3v) is 5.30. The van der Waals surface area contributed by atoms with Crippen LogP contribution in [-0.2, 0) is 0 Å². The molecular weight excluding hydrogens is 302 g/mol. The first-order valence-corrected chi connectivity index (χ1v) is 8.03. The van der Waals surface area contributed by atoms with Crippen molar-refractivity contribution in [3.63, 3.8) is 0 Å². The fourth-order valence-corrected chi connectivity index (χ4v) is 4.08. The molecule has 1 aromatic rings. The molecule has 2 nitrogen and oxygen atoms in total. The summed E-state index contributed by atoms with van der Waals surface area (Å²) in [5.74, 6) is 0.966. The molecule has 3 rings (SSSR count). The van der Waals surface area contributed by atoms with Gasteiger partial charge in [-0.15, -0.1) is 0 Å². The fraction of sp³-hybridized carbons (Fsp3) is 0.562. The lowest BCUT2D eigenvalue weighted by atomic mass is 9.91. The number of carbonyl (C=O) groups excluding carboxylic acids is 1. The van der Waals surface area contributed by atoms with Crippen LogP contribution < -0.4 is 0 Å². The Hall–Kier alpha value is -0.830. The highest BCUT2D eigenvalue weighted by Crippen LogP contribution is 2.37. The summed E-state index contributed by atoms with van der Waals surface area (Å²) in [4.78, 5) is 15.0. The monoisotopic (exact) mass is 321 g/mol. The third-order valence-electron chi connectivity index (χ3n) is 4.61. The van der Waals surface area contributed by atoms with Crippen LogP contribution in [-0.4, -0.2) is 23.4 Å². The summed E-state index contributed by atoms with van der Waals surface area (Å²) in [5.41, 5.74) is 1.97. The van der Waals surface area contributed by atoms with Crippen molar-refractivity contribution in [2.24, 2.45) is 5.92 Å². The van der Waals surface area contributed by atoms with Crippen molar-refractivity contribution < 1.29 is 4.79 Å². The summed E-state index contributed by atoms with van der Waals surface area (Å²) in [7, 11) is 0. The van der Waals surface area contributed by atoms with Crippen molar-refractivity contribution in [1.29, 1.82) is 0 Å². The normalized spacial score (nSPS) is 26.3. The maximum absolute atomic E-state index is 12.8. The number of piperidine rings is 1. The van der Waals surface area contributed by atoms with Crippen molar-refractivity contribution in [3.05, 3.63) is 33.8 Å². The van der Waals surface area contributed by atoms with Crippen LogP contribution in [0.1, 0.15) is 48.0 Å². The van der Waals surface area contributed by atoms with Gasteiger partial charge in [0.05, 0.1) is 5.56 Å². The van der Waals surface area contributed by atoms with Gasteiger partial charge in [-0.3, -0.25) is 4.79 Å². The molecule has 1 aliphatic carbocycles. The summed E-state index contributed by atoms with van der Waals surface area (Å²) in [5, 5.41) is 0. The van der Waals surface area contributed by atoms with E-state index in [9.17, 15) is 4.79 Å². The first-order valence-electron chi connectivity index (χ1n) is 7.24. The Balaban J connectivity index is 1.88. The van der Waals surface area contributed by atoms with Crippen LogP contribution in [0.5, 0.6) is 0 Å². The first-order chi connectivity index (χ1) is 9.16. The van der Waals surface area contributed by atoms with Crippen LogP contribution >= 0.6 is 15.9 Å². The number of nitrogens with zero attached hydrogens (tertiary/aromatic N) is 1. The van der Waals surface area contributed by atoms with E-state index in [1.54, 1.807) is 0 Å². The second-order valence-electron chi connectivity index (χ2n) is 5.88. The first kappa shape index (κ1) is 13.2. The number of likely N-dealkylation sites (tertiary alicyclic amines) is 1. The lowest BCUT2D eigenvalue weighted by molar-refractivity contribution is 0.0547. The average molecular weight is 322 g/mol. The molecule has 2 unspecified atom stereocenters. The van der Waals surface area contributed by atoms with Crippen LogP contribution in [0.2, 0.25) is 0 Å². The SMILES string of the molecule is Cc1ccc(Br)c(C(=O)N2CCCC3CCCC32)c1. The minimum absolute atomic E-state index is 0.215. The number of hydrogen-bond acceptors (Lipinski definition) is 1. The van der Waals surface area contributed by atoms with Gasteiger partial charge < -0.3 is 4.90 Å². The lowest BCUT2D eigenvalue weighted by Crippen LogP contribution is -2.46. The molecule has 2 atom stereocenters. The predicted molar refractivity (Wildman–Crippen MR) is 80.3 cm³/mol. The van der Waals surface area contributed by atoms with E-state index >= 15 is 0 Å². The number of amides is 1. The molecule has 102 valence electrons. The number of aryl methyl sites for hydroxylation is 1. The van der Waals surface area contributed by atoms with Crippen molar-refractivity contribution >= 4 is 21.8 Å². The van der Waals surface area contributed by atoms with Gasteiger partial charge in [0.2, 0.25) is 0 Å². The molecule has 0 aromatic heterocycles. The van der Waals surface area contributed by atoms with Gasteiger partial charge in [-0.1, -0.05) is 18.1 Å². The topological polar surface area (TPSA) is 20.3 Å². The van der Waals surface area contributed by atoms with Gasteiger partial charge in [-0.25, -0.2) is 0 Å². The second-order valence-corrected chi connectivity index (χ2v) is 6.74. The fourth-order valence-electron chi connectivity index (χ4n) is 3.66. The molecule has 1 aromatic carbocycles. The van der Waals surface area contributed by atoms with Crippen LogP contribution in [0.15, 0.2) is 22.7 Å². The van der Waals surface area contributed by atoms with Crippen molar-refractivity contribution in [1.82, 2.24) is 4.90 Å². The van der Waals surface area contributed by atoms with Crippen LogP contribution in [0.3, 0.4) is 0 Å². The van der Waals surface area contributed by atoms with Gasteiger partial charge in [0.25, 0.3) is 5.91 Å². The standard InChI is InChI=1S/C16H20BrNO/c1-11-7-8-14(17)13(10-11)16(19)18-9-3-5-12-4-2-6-15(12)18/h7-8,10,12,15H,2-6,9H2,1H3. The third kappa shape index (κ3) is 2.45. The molecule has 1 saturated heterocycles. The van der Waals surface area contributed by atoms with E-state index in [2.05, 4.69) is 20.8 Å². The second kappa shape index (κ2) is 5.28. The molecular formula is C16H20BrNO. The highest BCUT2D eigenvalue weighted by atomic mass is 79.9. The number of fused-ring (bicyclic) bond motifs is 1. The van der Waals surface area contributed by atoms with E-state index < -0.39 is 0 Å². The summed E-state index contributed by atoms with van der Waals surface area (Å²) in [6.07, 6.45) is 6.26. The molecule has 1 aliphatic heterocycles. The quantitative estimate of drug-likeness (QED) is 0.760. The summed E-state index contributed by atoms with van der Waals surface area (Å²) in [6.45, 7) is 2.97. The summed E-state index contributed by atoms with van der Waals surface area (Å²) < 4.78 is 0.920. The molecule has 0 radical (unpaired) electrons. The zero-order chi connectivity index (χ0) is 13.4. The maximum Gasteiger partial charge on any atom is 0.255 e. The molecule has 1 heterocycles. The molecule has 2 aliphatic rings. The molecule has 0 bridgehead atoms. The van der Waals surface area contributed by atoms with Gasteiger partial charge in [0.1, 0.15) is 0 Å². The Labute approximate surface area is 123 Å². The molecule has 19 heavy (non-hydrogen) atoms. The van der Waals surface area contributed by atoms with Crippen molar-refractivity contribution in [2.45, 2.75) is 45.1 Å². The lowest BCUT2D eigenvalue weighted by Gasteiger charge is -2.38. The number of rotatable bonds is 1. The van der Waals surface area contributed by atoms with Gasteiger partial charge in [0.15, 0.2) is 0 Å². The van der Waals surface area contributed by atoms with Crippen LogP contribution in [0, 0.1) is 12.8 Å². The number of carbonyl (C=O) groups is 1. The molecule has 1 amide bonds. The number of halogens is 1. The molecule has 3 heteroatoms. The molecule has 1 saturated carbocycles. The van der Waals surface area contributed by atoms with Crippen LogP contribution in [0.4, 0.5) is 0 Å². The predicted octanol–water partition coefficient (Wildman–Crippen LogP) is 4.16. The summed E-state index contributed by atoms with van der Waals surface area (Å²) >= 11 is 3.52. The van der Waals surface area contributed by atoms with Crippen molar-refractivity contribution in [3.8, 4) is 0 Å². The van der Waals surface area contributed by atoms with Gasteiger partial charge >= 0.3 is 0 Å². The zero-order valence-electron chi connectivity index (χ0n) is 11.4. The Morgan fingerprint density at radius 1 is 1.26 bits per heavy atom. The zero-order valence-corrected chi connectivity index (χ0v) is 12.9. The van der Waals surface area contributed by atoms with E-state index in [1.165, 1.54) is 25.7 Å².